The van der Waals surface area contributed by atoms with E-state index in [2.05, 4.69) is 14.7 Å². The van der Waals surface area contributed by atoms with Crippen LogP contribution in [0.3, 0.4) is 0 Å². The van der Waals surface area contributed by atoms with E-state index in [1.807, 2.05) is 20.8 Å². The number of nitrogens with zero attached hydrogens (tertiary/aromatic N) is 3. The lowest BCUT2D eigenvalue weighted by atomic mass is 9.88. The number of imidazole rings is 1. The van der Waals surface area contributed by atoms with Crippen LogP contribution in [0.15, 0.2) is 36.4 Å². The third-order valence-corrected chi connectivity index (χ3v) is 5.11. The van der Waals surface area contributed by atoms with Crippen LogP contribution in [-0.2, 0) is 16.8 Å². The molecule has 0 fully saturated rings. The van der Waals surface area contributed by atoms with E-state index in [0.717, 1.165) is 0 Å². The second-order valence-electron chi connectivity index (χ2n) is 10.1. The summed E-state index contributed by atoms with van der Waals surface area (Å²) in [5.74, 6) is 0.467. The first-order chi connectivity index (χ1) is 15.6. The van der Waals surface area contributed by atoms with E-state index in [4.69, 9.17) is 0 Å². The van der Waals surface area contributed by atoms with Crippen molar-refractivity contribution < 1.29 is 27.8 Å². The Morgan fingerprint density at radius 3 is 2.21 bits per heavy atom. The molecule has 0 atom stereocenters. The van der Waals surface area contributed by atoms with Crippen molar-refractivity contribution in [3.63, 3.8) is 0 Å². The Bertz CT molecular complexity index is 1150. The number of pyridine rings is 1. The summed E-state index contributed by atoms with van der Waals surface area (Å²) in [6.07, 6.45) is -2.84. The first-order valence-electron chi connectivity index (χ1n) is 11.1. The van der Waals surface area contributed by atoms with Gasteiger partial charge < -0.3 is 9.84 Å². The number of rotatable bonds is 8. The summed E-state index contributed by atoms with van der Waals surface area (Å²) in [4.78, 5) is 21.6. The quantitative estimate of drug-likeness (QED) is 0.439. The van der Waals surface area contributed by atoms with Crippen LogP contribution in [0.25, 0.3) is 16.9 Å². The molecule has 0 bridgehead atoms. The minimum atomic E-state index is -4.78. The second kappa shape index (κ2) is 9.37. The van der Waals surface area contributed by atoms with Crippen LogP contribution < -0.4 is 4.74 Å². The lowest BCUT2D eigenvalue weighted by molar-refractivity contribution is -0.274. The van der Waals surface area contributed by atoms with Gasteiger partial charge in [0.1, 0.15) is 28.5 Å². The molecule has 0 amide bonds. The van der Waals surface area contributed by atoms with Gasteiger partial charge in [0.05, 0.1) is 5.69 Å². The van der Waals surface area contributed by atoms with Gasteiger partial charge in [-0.25, -0.2) is 9.97 Å². The Morgan fingerprint density at radius 2 is 1.65 bits per heavy atom. The number of benzene rings is 1. The summed E-state index contributed by atoms with van der Waals surface area (Å²) >= 11 is 0. The average Bonchev–Trinajstić information content (AvgIpc) is 3.02. The van der Waals surface area contributed by atoms with Gasteiger partial charge in [-0.3, -0.25) is 9.36 Å². The molecular weight excluding hydrogens is 447 g/mol. The highest BCUT2D eigenvalue weighted by Crippen LogP contribution is 2.28. The average molecular weight is 478 g/mol. The van der Waals surface area contributed by atoms with E-state index in [1.165, 1.54) is 24.3 Å². The Morgan fingerprint density at radius 1 is 1.00 bits per heavy atom. The number of Topliss-reactive ketones (excluding diaryl/α,β-unsaturated/α-hetero) is 1. The monoisotopic (exact) mass is 477 g/mol. The molecular formula is C25H30F3N3O3. The number of hydrogen-bond donors (Lipinski definition) is 1. The van der Waals surface area contributed by atoms with Crippen molar-refractivity contribution in [1.29, 1.82) is 0 Å². The van der Waals surface area contributed by atoms with E-state index in [1.54, 1.807) is 30.5 Å². The molecule has 0 aliphatic rings. The SMILES string of the molecule is CC(C)(C)CC(=O)CCCc1nc2ccc(C(C)(C)O)nc2n1-c1ccc(OC(F)(F)F)cc1. The maximum atomic E-state index is 12.6. The molecule has 1 aromatic carbocycles. The van der Waals surface area contributed by atoms with Gasteiger partial charge in [0.25, 0.3) is 0 Å². The number of alkyl halides is 3. The molecule has 3 rings (SSSR count). The zero-order valence-corrected chi connectivity index (χ0v) is 20.0. The van der Waals surface area contributed by atoms with Crippen LogP contribution in [0.2, 0.25) is 0 Å². The van der Waals surface area contributed by atoms with Crippen LogP contribution in [0, 0.1) is 5.41 Å². The van der Waals surface area contributed by atoms with Crippen molar-refractivity contribution in [1.82, 2.24) is 14.5 Å². The molecule has 184 valence electrons. The number of ketones is 1. The van der Waals surface area contributed by atoms with Crippen molar-refractivity contribution in [3.8, 4) is 11.4 Å². The summed E-state index contributed by atoms with van der Waals surface area (Å²) in [5, 5.41) is 10.4. The van der Waals surface area contributed by atoms with Gasteiger partial charge in [0.2, 0.25) is 0 Å². The fourth-order valence-electron chi connectivity index (χ4n) is 3.70. The number of aliphatic hydroxyl groups is 1. The van der Waals surface area contributed by atoms with E-state index >= 15 is 0 Å². The Kier molecular flexibility index (Phi) is 7.07. The molecule has 0 saturated heterocycles. The number of ether oxygens (including phenoxy) is 1. The van der Waals surface area contributed by atoms with Gasteiger partial charge in [-0.1, -0.05) is 20.8 Å². The summed E-state index contributed by atoms with van der Waals surface area (Å²) in [7, 11) is 0. The number of carbonyl (C=O) groups excluding carboxylic acids is 1. The van der Waals surface area contributed by atoms with Gasteiger partial charge in [0.15, 0.2) is 5.65 Å². The van der Waals surface area contributed by atoms with Crippen LogP contribution in [0.5, 0.6) is 5.75 Å². The normalized spacial score (nSPS) is 12.9. The zero-order valence-electron chi connectivity index (χ0n) is 20.0. The molecule has 0 spiro atoms. The highest BCUT2D eigenvalue weighted by Gasteiger charge is 2.31. The molecule has 2 heterocycles. The van der Waals surface area contributed by atoms with E-state index < -0.39 is 12.0 Å². The third-order valence-electron chi connectivity index (χ3n) is 5.11. The molecule has 0 aliphatic carbocycles. The lowest BCUT2D eigenvalue weighted by Crippen LogP contribution is -2.18. The Labute approximate surface area is 196 Å². The number of halogens is 3. The smallest absolute Gasteiger partial charge is 0.406 e. The molecule has 0 saturated carbocycles. The van der Waals surface area contributed by atoms with Crippen LogP contribution in [0.1, 0.15) is 65.4 Å². The van der Waals surface area contributed by atoms with E-state index in [0.29, 0.717) is 54.1 Å². The van der Waals surface area contributed by atoms with Crippen molar-refractivity contribution in [2.24, 2.45) is 5.41 Å². The molecule has 1 N–H and O–H groups in total. The van der Waals surface area contributed by atoms with Crippen LogP contribution >= 0.6 is 0 Å². The second-order valence-corrected chi connectivity index (χ2v) is 10.1. The summed E-state index contributed by atoms with van der Waals surface area (Å²) in [6.45, 7) is 9.28. The third kappa shape index (κ3) is 6.79. The first kappa shape index (κ1) is 25.7. The minimum Gasteiger partial charge on any atom is -0.406 e. The molecule has 0 radical (unpaired) electrons. The molecule has 34 heavy (non-hydrogen) atoms. The molecule has 3 aromatic rings. The summed E-state index contributed by atoms with van der Waals surface area (Å²) < 4.78 is 43.4. The van der Waals surface area contributed by atoms with Gasteiger partial charge in [-0.15, -0.1) is 13.2 Å². The maximum Gasteiger partial charge on any atom is 0.573 e. The number of fused-ring (bicyclic) bond motifs is 1. The van der Waals surface area contributed by atoms with Gasteiger partial charge in [0, 0.05) is 24.9 Å². The largest absolute Gasteiger partial charge is 0.573 e. The lowest BCUT2D eigenvalue weighted by Gasteiger charge is -2.17. The zero-order chi connectivity index (χ0) is 25.3. The topological polar surface area (TPSA) is 77.2 Å². The number of aromatic nitrogens is 3. The van der Waals surface area contributed by atoms with Crippen molar-refractivity contribution >= 4 is 16.9 Å². The number of hydrogen-bond acceptors (Lipinski definition) is 5. The van der Waals surface area contributed by atoms with E-state index in [-0.39, 0.29) is 16.9 Å². The van der Waals surface area contributed by atoms with E-state index in [9.17, 15) is 23.1 Å². The molecule has 2 aromatic heterocycles. The molecule has 6 nitrogen and oxygen atoms in total. The van der Waals surface area contributed by atoms with Crippen molar-refractivity contribution in [3.05, 3.63) is 47.9 Å². The molecule has 0 unspecified atom stereocenters. The predicted octanol–water partition coefficient (Wildman–Crippen LogP) is 5.87. The van der Waals surface area contributed by atoms with Gasteiger partial charge in [-0.05, 0) is 62.1 Å². The van der Waals surface area contributed by atoms with Crippen LogP contribution in [0.4, 0.5) is 13.2 Å². The maximum absolute atomic E-state index is 12.6. The minimum absolute atomic E-state index is 0.0815. The number of aryl methyl sites for hydroxylation is 1. The molecule has 9 heteroatoms. The Balaban J connectivity index is 1.96. The number of carbonyl (C=O) groups is 1. The standard InChI is InChI=1S/C25H30F3N3O3/c1-23(2,3)15-17(32)7-6-8-21-29-19-13-14-20(24(4,5)33)30-22(19)31(21)16-9-11-18(12-10-16)34-25(26,27)28/h9-14,33H,6-8,15H2,1-5H3. The molecule has 0 aliphatic heterocycles. The van der Waals surface area contributed by atoms with Crippen molar-refractivity contribution in [2.45, 2.75) is 72.3 Å². The fraction of sp³-hybridized carbons (Fsp3) is 0.480. The first-order valence-corrected chi connectivity index (χ1v) is 11.1. The highest BCUT2D eigenvalue weighted by molar-refractivity contribution is 5.79. The van der Waals surface area contributed by atoms with Gasteiger partial charge >= 0.3 is 6.36 Å². The fourth-order valence-corrected chi connectivity index (χ4v) is 3.70. The van der Waals surface area contributed by atoms with Crippen molar-refractivity contribution in [2.75, 3.05) is 0 Å². The Hall–Kier alpha value is -2.94. The van der Waals surface area contributed by atoms with Gasteiger partial charge in [-0.2, -0.15) is 0 Å². The summed E-state index contributed by atoms with van der Waals surface area (Å²) in [6, 6.07) is 8.89. The summed E-state index contributed by atoms with van der Waals surface area (Å²) in [5.41, 5.74) is 0.771. The predicted molar refractivity (Wildman–Crippen MR) is 123 cm³/mol. The van der Waals surface area contributed by atoms with Crippen LogP contribution in [-0.4, -0.2) is 31.8 Å². The highest BCUT2D eigenvalue weighted by atomic mass is 19.4.